The average Bonchev–Trinajstić information content (AvgIpc) is 2.24. The van der Waals surface area contributed by atoms with Crippen molar-refractivity contribution < 1.29 is 1.37 Å². The molecule has 0 saturated heterocycles. The van der Waals surface area contributed by atoms with Gasteiger partial charge in [-0.15, -0.1) is 0 Å². The largest absolute Gasteiger partial charge is 0.266 e. The fourth-order valence-corrected chi connectivity index (χ4v) is 0.456. The first-order valence-corrected chi connectivity index (χ1v) is 2.08. The van der Waals surface area contributed by atoms with Crippen LogP contribution in [0.1, 0.15) is 22.1 Å². The first kappa shape index (κ1) is 4.57. The Kier molecular flexibility index (Phi) is 1.67. The molecule has 0 bridgehead atoms. The minimum absolute atomic E-state index is 1.06. The molecule has 40 valence electrons. The Morgan fingerprint density at radius 1 is 2.00 bits per heavy atom. The minimum atomic E-state index is 1.06. The van der Waals surface area contributed by atoms with Gasteiger partial charge in [-0.05, 0) is 6.92 Å². The Balaban J connectivity index is 0.000000222. The van der Waals surface area contributed by atoms with Crippen molar-refractivity contribution in [2.24, 2.45) is 4.99 Å². The van der Waals surface area contributed by atoms with Crippen LogP contribution in [-0.4, -0.2) is 5.71 Å². The summed E-state index contributed by atoms with van der Waals surface area (Å²) in [5, 5.41) is 0. The van der Waals surface area contributed by atoms with Crippen molar-refractivity contribution in [3.05, 3.63) is 12.3 Å². The van der Waals surface area contributed by atoms with Crippen LogP contribution < -0.4 is 0 Å². The second-order valence-electron chi connectivity index (χ2n) is 1.45. The predicted octanol–water partition coefficient (Wildman–Crippen LogP) is 2.00. The van der Waals surface area contributed by atoms with E-state index in [1.165, 1.54) is 13.1 Å². The highest BCUT2D eigenvalue weighted by atomic mass is 14.7. The lowest BCUT2D eigenvalue weighted by Crippen LogP contribution is -1.78. The van der Waals surface area contributed by atoms with Crippen LogP contribution in [0.3, 0.4) is 0 Å². The van der Waals surface area contributed by atoms with Crippen molar-refractivity contribution in [1.82, 2.24) is 0 Å². The zero-order valence-corrected chi connectivity index (χ0v) is 4.81. The van der Waals surface area contributed by atoms with Gasteiger partial charge in [0.15, 0.2) is 0 Å². The number of nitrogens with zero attached hydrogens (tertiary/aromatic N) is 1. The molecule has 0 amide bonds. The lowest BCUT2D eigenvalue weighted by atomic mass is 10.3. The molecule has 0 N–H and O–H groups in total. The summed E-state index contributed by atoms with van der Waals surface area (Å²) in [6.07, 6.45) is 4.95. The summed E-state index contributed by atoms with van der Waals surface area (Å²) >= 11 is 0. The van der Waals surface area contributed by atoms with E-state index in [0.29, 0.717) is 0 Å². The second-order valence-corrected chi connectivity index (χ2v) is 1.45. The predicted molar refractivity (Wildman–Crippen MR) is 33.6 cm³/mol. The molecule has 1 heteroatoms. The summed E-state index contributed by atoms with van der Waals surface area (Å²) in [6, 6.07) is 0. The van der Waals surface area contributed by atoms with E-state index in [1.54, 1.807) is 0 Å². The Morgan fingerprint density at radius 3 is 2.86 bits per heavy atom. The molecule has 1 nitrogen and oxygen atoms in total. The summed E-state index contributed by atoms with van der Waals surface area (Å²) in [5.41, 5.74) is 1.22. The maximum absolute atomic E-state index is 5.75. The molecule has 0 aromatic carbocycles. The summed E-state index contributed by atoms with van der Waals surface area (Å²) in [5.74, 6) is 0. The summed E-state index contributed by atoms with van der Waals surface area (Å²) < 4.78 is 5.75. The van der Waals surface area contributed by atoms with Crippen LogP contribution in [0, 0.1) is 0 Å². The third kappa shape index (κ3) is 1.53. The number of hydrogen-bond donors (Lipinski definition) is 0. The first-order valence-electron chi connectivity index (χ1n) is 3.08. The van der Waals surface area contributed by atoms with Gasteiger partial charge in [0.1, 0.15) is 0 Å². The Bertz CT molecular complexity index is 105. The van der Waals surface area contributed by atoms with Gasteiger partial charge in [0.05, 0.1) is 0 Å². The smallest absolute Gasteiger partial charge is 0.0231 e. The molecule has 1 heterocycles. The molecule has 0 unspecified atom stereocenters. The van der Waals surface area contributed by atoms with Gasteiger partial charge < -0.3 is 0 Å². The molecule has 0 fully saturated rings. The van der Waals surface area contributed by atoms with Crippen molar-refractivity contribution in [3.63, 3.8) is 0 Å². The van der Waals surface area contributed by atoms with Crippen LogP contribution in [0.15, 0.2) is 17.3 Å². The molecule has 0 aromatic rings. The third-order valence-electron chi connectivity index (χ3n) is 0.814. The molecule has 0 aliphatic carbocycles. The highest BCUT2D eigenvalue weighted by molar-refractivity contribution is 5.85. The van der Waals surface area contributed by atoms with Gasteiger partial charge in [-0.25, -0.2) is 0 Å². The van der Waals surface area contributed by atoms with Crippen LogP contribution in [-0.2, 0) is 0 Å². The lowest BCUT2D eigenvalue weighted by Gasteiger charge is -1.76. The van der Waals surface area contributed by atoms with E-state index in [4.69, 9.17) is 1.37 Å². The van der Waals surface area contributed by atoms with Crippen molar-refractivity contribution in [1.29, 1.82) is 0 Å². The van der Waals surface area contributed by atoms with Gasteiger partial charge in [0.2, 0.25) is 0 Å². The average molecular weight is 99.2 g/mol. The molecular formula is C6H11N. The van der Waals surface area contributed by atoms with E-state index < -0.39 is 0 Å². The second kappa shape index (κ2) is 2.56. The molecule has 7 heavy (non-hydrogen) atoms. The van der Waals surface area contributed by atoms with Gasteiger partial charge >= 0.3 is 0 Å². The first-order chi connectivity index (χ1) is 3.89. The monoisotopic (exact) mass is 99.1 g/mol. The maximum Gasteiger partial charge on any atom is 0.0231 e. The maximum atomic E-state index is 5.75. The quantitative estimate of drug-likeness (QED) is 0.440. The number of allylic oxidation sites excluding steroid dienone is 1. The molecule has 0 spiro atoms. The highest BCUT2D eigenvalue weighted by Gasteiger charge is 1.88. The zero-order chi connectivity index (χ0) is 6.41. The fraction of sp³-hybridized carbons (Fsp3) is 0.500. The van der Waals surface area contributed by atoms with Gasteiger partial charge in [0, 0.05) is 19.7 Å². The van der Waals surface area contributed by atoms with Crippen LogP contribution in [0.2, 0.25) is 0 Å². The molecule has 0 saturated carbocycles. The van der Waals surface area contributed by atoms with Crippen molar-refractivity contribution in [2.75, 3.05) is 0 Å². The van der Waals surface area contributed by atoms with Crippen molar-refractivity contribution in [2.45, 2.75) is 20.7 Å². The van der Waals surface area contributed by atoms with Crippen LogP contribution >= 0.6 is 0 Å². The molecule has 0 aromatic heterocycles. The van der Waals surface area contributed by atoms with E-state index in [9.17, 15) is 0 Å². The molecule has 0 radical (unpaired) electrons. The molecular weight excluding hydrogens is 86.1 g/mol. The van der Waals surface area contributed by atoms with Crippen molar-refractivity contribution >= 4 is 5.71 Å². The molecule has 1 aliphatic heterocycles. The Hall–Kier alpha value is -0.590. The number of rotatable bonds is 0. The Morgan fingerprint density at radius 2 is 2.71 bits per heavy atom. The lowest BCUT2D eigenvalue weighted by molar-refractivity contribution is 1.50. The van der Waals surface area contributed by atoms with Gasteiger partial charge in [-0.2, -0.15) is 0 Å². The SMILES string of the molecule is CC1=NC=CC1.[3H]C. The van der Waals surface area contributed by atoms with E-state index in [1.807, 2.05) is 13.1 Å². The van der Waals surface area contributed by atoms with E-state index in [-0.39, 0.29) is 0 Å². The number of hydrogen-bond acceptors (Lipinski definition) is 1. The highest BCUT2D eigenvalue weighted by Crippen LogP contribution is 1.96. The van der Waals surface area contributed by atoms with Crippen molar-refractivity contribution in [3.8, 4) is 0 Å². The van der Waals surface area contributed by atoms with Crippen LogP contribution in [0.25, 0.3) is 0 Å². The van der Waals surface area contributed by atoms with E-state index >= 15 is 0 Å². The van der Waals surface area contributed by atoms with Gasteiger partial charge in [-0.3, -0.25) is 4.99 Å². The zero-order valence-electron chi connectivity index (χ0n) is 5.81. The van der Waals surface area contributed by atoms with Gasteiger partial charge in [-0.1, -0.05) is 13.5 Å². The standard InChI is InChI=1S/C5H7N.CH4/c1-5-3-2-4-6-5;/h2,4H,3H2,1H3;1H4/i;1T. The topological polar surface area (TPSA) is 12.4 Å². The normalized spacial score (nSPS) is 16.9. The molecule has 1 aliphatic rings. The van der Waals surface area contributed by atoms with E-state index in [0.717, 1.165) is 6.42 Å². The summed E-state index contributed by atoms with van der Waals surface area (Å²) in [6.45, 7) is 2.03. The summed E-state index contributed by atoms with van der Waals surface area (Å²) in [7, 11) is 1.25. The molecule has 1 rings (SSSR count). The van der Waals surface area contributed by atoms with Crippen LogP contribution in [0.5, 0.6) is 0 Å². The third-order valence-corrected chi connectivity index (χ3v) is 0.814. The van der Waals surface area contributed by atoms with Crippen LogP contribution in [0.4, 0.5) is 0 Å². The van der Waals surface area contributed by atoms with E-state index in [2.05, 4.69) is 11.1 Å². The summed E-state index contributed by atoms with van der Waals surface area (Å²) in [4.78, 5) is 3.97. The number of aliphatic imine (C=N–C) groups is 1. The van der Waals surface area contributed by atoms with Gasteiger partial charge in [0.25, 0.3) is 0 Å². The minimum Gasteiger partial charge on any atom is -0.266 e. The fourth-order valence-electron chi connectivity index (χ4n) is 0.456. The Labute approximate surface area is 46.2 Å². The molecule has 0 atom stereocenters.